The lowest BCUT2D eigenvalue weighted by molar-refractivity contribution is -0.384. The van der Waals surface area contributed by atoms with E-state index in [4.69, 9.17) is 0 Å². The van der Waals surface area contributed by atoms with E-state index in [-0.39, 0.29) is 17.6 Å². The molecule has 2 rings (SSSR count). The molecule has 2 N–H and O–H groups in total. The van der Waals surface area contributed by atoms with Gasteiger partial charge in [-0.3, -0.25) is 14.9 Å². The first-order valence-corrected chi connectivity index (χ1v) is 6.90. The lowest BCUT2D eigenvalue weighted by Crippen LogP contribution is -2.42. The van der Waals surface area contributed by atoms with Crippen LogP contribution < -0.4 is 10.2 Å². The van der Waals surface area contributed by atoms with Gasteiger partial charge in [0.1, 0.15) is 11.7 Å². The van der Waals surface area contributed by atoms with E-state index < -0.39 is 11.0 Å². The Bertz CT molecular complexity index is 559. The molecule has 1 saturated heterocycles. The molecule has 0 saturated carbocycles. The van der Waals surface area contributed by atoms with Gasteiger partial charge in [-0.25, -0.2) is 0 Å². The summed E-state index contributed by atoms with van der Waals surface area (Å²) >= 11 is 0. The van der Waals surface area contributed by atoms with E-state index in [1.807, 2.05) is 0 Å². The van der Waals surface area contributed by atoms with Gasteiger partial charge in [0.15, 0.2) is 0 Å². The normalized spacial score (nSPS) is 19.4. The van der Waals surface area contributed by atoms with Gasteiger partial charge in [0, 0.05) is 19.7 Å². The van der Waals surface area contributed by atoms with Crippen LogP contribution in [0.4, 0.5) is 11.4 Å². The predicted molar refractivity (Wildman–Crippen MR) is 78.2 cm³/mol. The van der Waals surface area contributed by atoms with Crippen LogP contribution in [0.2, 0.25) is 0 Å². The Morgan fingerprint density at radius 1 is 1.57 bits per heavy atom. The standard InChI is InChI=1S/C14H19N3O4/c1-9(18)10-5-6-11(13(8-10)17(20)21)16-7-3-4-12(16)14(19)15-2/h5-6,8-9,12,18H,3-4,7H2,1-2H3,(H,15,19)/t9-,12?/m1/s1. The van der Waals surface area contributed by atoms with Crippen molar-refractivity contribution in [2.45, 2.75) is 31.9 Å². The Kier molecular flexibility index (Phi) is 4.42. The topological polar surface area (TPSA) is 95.7 Å². The molecular formula is C14H19N3O4. The maximum absolute atomic E-state index is 11.9. The second-order valence-electron chi connectivity index (χ2n) is 5.15. The maximum Gasteiger partial charge on any atom is 0.292 e. The van der Waals surface area contributed by atoms with Gasteiger partial charge in [-0.15, -0.1) is 0 Å². The van der Waals surface area contributed by atoms with E-state index in [2.05, 4.69) is 5.32 Å². The number of nitro groups is 1. The second-order valence-corrected chi connectivity index (χ2v) is 5.15. The molecule has 1 unspecified atom stereocenters. The number of carbonyl (C=O) groups excluding carboxylic acids is 1. The van der Waals surface area contributed by atoms with Gasteiger partial charge in [0.05, 0.1) is 11.0 Å². The Balaban J connectivity index is 2.43. The van der Waals surface area contributed by atoms with Crippen molar-refractivity contribution in [1.29, 1.82) is 0 Å². The van der Waals surface area contributed by atoms with Crippen molar-refractivity contribution < 1.29 is 14.8 Å². The second kappa shape index (κ2) is 6.09. The van der Waals surface area contributed by atoms with Gasteiger partial charge < -0.3 is 15.3 Å². The average Bonchev–Trinajstić information content (AvgIpc) is 2.94. The molecular weight excluding hydrogens is 274 g/mol. The van der Waals surface area contributed by atoms with Gasteiger partial charge in [-0.1, -0.05) is 6.07 Å². The van der Waals surface area contributed by atoms with Crippen LogP contribution in [-0.4, -0.2) is 35.6 Å². The third-order valence-electron chi connectivity index (χ3n) is 3.79. The molecule has 0 spiro atoms. The molecule has 7 nitrogen and oxygen atoms in total. The van der Waals surface area contributed by atoms with Crippen molar-refractivity contribution in [1.82, 2.24) is 5.32 Å². The molecule has 7 heteroatoms. The van der Waals surface area contributed by atoms with Gasteiger partial charge in [-0.05, 0) is 31.4 Å². The number of nitro benzene ring substituents is 1. The van der Waals surface area contributed by atoms with E-state index in [0.717, 1.165) is 6.42 Å². The van der Waals surface area contributed by atoms with Crippen molar-refractivity contribution in [2.24, 2.45) is 0 Å². The molecule has 1 heterocycles. The lowest BCUT2D eigenvalue weighted by Gasteiger charge is -2.25. The van der Waals surface area contributed by atoms with Gasteiger partial charge in [-0.2, -0.15) is 0 Å². The molecule has 21 heavy (non-hydrogen) atoms. The zero-order valence-corrected chi connectivity index (χ0v) is 12.1. The van der Waals surface area contributed by atoms with Crippen molar-refractivity contribution in [3.8, 4) is 0 Å². The number of likely N-dealkylation sites (N-methyl/N-ethyl adjacent to an activating group) is 1. The highest BCUT2D eigenvalue weighted by molar-refractivity contribution is 5.86. The fourth-order valence-corrected chi connectivity index (χ4v) is 2.68. The average molecular weight is 293 g/mol. The van der Waals surface area contributed by atoms with Crippen LogP contribution in [0.3, 0.4) is 0 Å². The summed E-state index contributed by atoms with van der Waals surface area (Å²) in [5.74, 6) is -0.138. The van der Waals surface area contributed by atoms with Crippen molar-refractivity contribution in [3.05, 3.63) is 33.9 Å². The van der Waals surface area contributed by atoms with E-state index >= 15 is 0 Å². The third-order valence-corrected chi connectivity index (χ3v) is 3.79. The molecule has 1 aliphatic heterocycles. The van der Waals surface area contributed by atoms with Crippen LogP contribution in [0.15, 0.2) is 18.2 Å². The summed E-state index contributed by atoms with van der Waals surface area (Å²) in [7, 11) is 1.56. The molecule has 0 aliphatic carbocycles. The summed E-state index contributed by atoms with van der Waals surface area (Å²) in [6.07, 6.45) is 0.716. The molecule has 1 aromatic rings. The molecule has 1 amide bonds. The fourth-order valence-electron chi connectivity index (χ4n) is 2.68. The first-order valence-electron chi connectivity index (χ1n) is 6.90. The molecule has 0 radical (unpaired) electrons. The predicted octanol–water partition coefficient (Wildman–Crippen LogP) is 1.36. The van der Waals surface area contributed by atoms with Crippen molar-refractivity contribution in [2.75, 3.05) is 18.5 Å². The van der Waals surface area contributed by atoms with Crippen molar-refractivity contribution >= 4 is 17.3 Å². The van der Waals surface area contributed by atoms with Gasteiger partial charge >= 0.3 is 0 Å². The number of nitrogens with one attached hydrogen (secondary N) is 1. The molecule has 0 bridgehead atoms. The molecule has 0 aromatic heterocycles. The first-order chi connectivity index (χ1) is 9.95. The zero-order chi connectivity index (χ0) is 15.6. The fraction of sp³-hybridized carbons (Fsp3) is 0.500. The van der Waals surface area contributed by atoms with E-state index in [1.165, 1.54) is 6.07 Å². The third kappa shape index (κ3) is 2.97. The van der Waals surface area contributed by atoms with Crippen LogP contribution in [0, 0.1) is 10.1 Å². The Morgan fingerprint density at radius 2 is 2.29 bits per heavy atom. The van der Waals surface area contributed by atoms with Gasteiger partial charge in [0.2, 0.25) is 5.91 Å². The number of hydrogen-bond donors (Lipinski definition) is 2. The smallest absolute Gasteiger partial charge is 0.292 e. The number of anilines is 1. The SMILES string of the molecule is CNC(=O)C1CCCN1c1ccc([C@@H](C)O)cc1[N+](=O)[O-]. The van der Waals surface area contributed by atoms with Crippen LogP contribution in [0.5, 0.6) is 0 Å². The molecule has 1 fully saturated rings. The maximum atomic E-state index is 11.9. The summed E-state index contributed by atoms with van der Waals surface area (Å²) in [4.78, 5) is 24.5. The number of rotatable bonds is 4. The highest BCUT2D eigenvalue weighted by atomic mass is 16.6. The molecule has 2 atom stereocenters. The minimum atomic E-state index is -0.772. The van der Waals surface area contributed by atoms with Crippen LogP contribution in [-0.2, 0) is 4.79 Å². The van der Waals surface area contributed by atoms with E-state index in [9.17, 15) is 20.0 Å². The first kappa shape index (κ1) is 15.2. The highest BCUT2D eigenvalue weighted by Crippen LogP contribution is 2.35. The number of benzene rings is 1. The Morgan fingerprint density at radius 3 is 2.86 bits per heavy atom. The highest BCUT2D eigenvalue weighted by Gasteiger charge is 2.34. The Labute approximate surface area is 122 Å². The summed E-state index contributed by atoms with van der Waals surface area (Å²) in [6, 6.07) is 4.26. The summed E-state index contributed by atoms with van der Waals surface area (Å²) in [5, 5.41) is 23.5. The van der Waals surface area contributed by atoms with Crippen LogP contribution in [0.25, 0.3) is 0 Å². The molecule has 114 valence electrons. The van der Waals surface area contributed by atoms with Gasteiger partial charge in [0.25, 0.3) is 5.69 Å². The number of carbonyl (C=O) groups is 1. The largest absolute Gasteiger partial charge is 0.389 e. The van der Waals surface area contributed by atoms with Crippen LogP contribution >= 0.6 is 0 Å². The van der Waals surface area contributed by atoms with Crippen molar-refractivity contribution in [3.63, 3.8) is 0 Å². The monoisotopic (exact) mass is 293 g/mol. The van der Waals surface area contributed by atoms with Crippen LogP contribution in [0.1, 0.15) is 31.4 Å². The molecule has 1 aromatic carbocycles. The number of amides is 1. The minimum absolute atomic E-state index is 0.0794. The quantitative estimate of drug-likeness (QED) is 0.645. The summed E-state index contributed by atoms with van der Waals surface area (Å²) < 4.78 is 0. The number of nitrogens with zero attached hydrogens (tertiary/aromatic N) is 2. The Hall–Kier alpha value is -2.15. The number of aliphatic hydroxyl groups excluding tert-OH is 1. The minimum Gasteiger partial charge on any atom is -0.389 e. The summed E-state index contributed by atoms with van der Waals surface area (Å²) in [5.41, 5.74) is 0.834. The van der Waals surface area contributed by atoms with E-state index in [0.29, 0.717) is 24.2 Å². The number of hydrogen-bond acceptors (Lipinski definition) is 5. The summed E-state index contributed by atoms with van der Waals surface area (Å²) in [6.45, 7) is 2.16. The molecule has 1 aliphatic rings. The number of aliphatic hydroxyl groups is 1. The zero-order valence-electron chi connectivity index (χ0n) is 12.1. The lowest BCUT2D eigenvalue weighted by atomic mass is 10.1. The van der Waals surface area contributed by atoms with E-state index in [1.54, 1.807) is 31.0 Å².